The van der Waals surface area contributed by atoms with E-state index >= 15 is 0 Å². The van der Waals surface area contributed by atoms with Crippen LogP contribution in [-0.2, 0) is 9.59 Å². The Kier molecular flexibility index (Phi) is 11.5. The van der Waals surface area contributed by atoms with Gasteiger partial charge in [0.05, 0.1) is 19.2 Å². The van der Waals surface area contributed by atoms with Gasteiger partial charge in [0.1, 0.15) is 22.4 Å². The van der Waals surface area contributed by atoms with Crippen LogP contribution in [0.15, 0.2) is 138 Å². The van der Waals surface area contributed by atoms with E-state index in [1.54, 1.807) is 84.9 Å². The van der Waals surface area contributed by atoms with E-state index in [1.165, 1.54) is 26.0 Å². The highest BCUT2D eigenvalue weighted by Crippen LogP contribution is 2.38. The minimum Gasteiger partial charge on any atom is -0.496 e. The van der Waals surface area contributed by atoms with Crippen molar-refractivity contribution in [3.63, 3.8) is 0 Å². The molecule has 242 valence electrons. The number of ether oxygens (including phenoxy) is 2. The van der Waals surface area contributed by atoms with E-state index in [2.05, 4.69) is 16.0 Å². The van der Waals surface area contributed by atoms with Gasteiger partial charge in [0, 0.05) is 27.4 Å². The second-order valence-electron chi connectivity index (χ2n) is 10.3. The van der Waals surface area contributed by atoms with Gasteiger partial charge in [-0.15, -0.1) is 11.8 Å². The van der Waals surface area contributed by atoms with E-state index in [0.717, 1.165) is 10.5 Å². The van der Waals surface area contributed by atoms with Crippen LogP contribution < -0.4 is 25.4 Å². The lowest BCUT2D eigenvalue weighted by atomic mass is 10.1. The van der Waals surface area contributed by atoms with Crippen molar-refractivity contribution in [1.82, 2.24) is 5.32 Å². The van der Waals surface area contributed by atoms with Crippen LogP contribution in [0.4, 0.5) is 11.4 Å². The zero-order valence-corrected chi connectivity index (χ0v) is 27.7. The molecule has 0 radical (unpaired) electrons. The van der Waals surface area contributed by atoms with Gasteiger partial charge in [0.2, 0.25) is 5.91 Å². The maximum absolute atomic E-state index is 13.7. The Morgan fingerprint density at radius 3 is 2.08 bits per heavy atom. The SMILES string of the molecule is COc1ccc(NC(=O)C(Sc2cccc(NC(=O)/C(=C\c3ccccc3OC)NC(=O)c3ccccc3)c2)c2ccccc2)cc1Cl. The van der Waals surface area contributed by atoms with Crippen LogP contribution in [-0.4, -0.2) is 31.9 Å². The number of nitrogens with one attached hydrogen (secondary N) is 3. The largest absolute Gasteiger partial charge is 0.496 e. The summed E-state index contributed by atoms with van der Waals surface area (Å²) in [5.41, 5.74) is 2.82. The van der Waals surface area contributed by atoms with Crippen molar-refractivity contribution in [2.24, 2.45) is 0 Å². The highest BCUT2D eigenvalue weighted by molar-refractivity contribution is 8.00. The fourth-order valence-corrected chi connectivity index (χ4v) is 6.06. The van der Waals surface area contributed by atoms with Gasteiger partial charge in [0.15, 0.2) is 0 Å². The molecule has 0 aliphatic rings. The molecule has 5 rings (SSSR count). The van der Waals surface area contributed by atoms with E-state index in [4.69, 9.17) is 21.1 Å². The summed E-state index contributed by atoms with van der Waals surface area (Å²) in [4.78, 5) is 41.2. The standard InChI is InChI=1S/C38H32ClN3O5S/c1-46-33-19-10-9-16-27(33)22-32(42-36(43)26-14-7-4-8-15-26)37(44)40-28-17-11-18-30(23-28)48-35(25-12-5-3-6-13-25)38(45)41-29-20-21-34(47-2)31(39)24-29/h3-24,35H,1-2H3,(H,40,44)(H,41,45)(H,42,43)/b32-22+. The highest BCUT2D eigenvalue weighted by Gasteiger charge is 2.23. The number of benzene rings is 5. The highest BCUT2D eigenvalue weighted by atomic mass is 35.5. The number of carbonyl (C=O) groups is 3. The third-order valence-corrected chi connectivity index (χ3v) is 8.62. The first-order chi connectivity index (χ1) is 23.3. The second-order valence-corrected chi connectivity index (χ2v) is 11.9. The average Bonchev–Trinajstić information content (AvgIpc) is 3.11. The molecule has 3 amide bonds. The summed E-state index contributed by atoms with van der Waals surface area (Å²) in [5.74, 6) is -0.194. The van der Waals surface area contributed by atoms with Gasteiger partial charge in [-0.3, -0.25) is 14.4 Å². The maximum atomic E-state index is 13.7. The van der Waals surface area contributed by atoms with Gasteiger partial charge in [-0.1, -0.05) is 84.4 Å². The zero-order valence-electron chi connectivity index (χ0n) is 26.1. The number of amides is 3. The lowest BCUT2D eigenvalue weighted by Gasteiger charge is -2.18. The molecule has 10 heteroatoms. The Morgan fingerprint density at radius 2 is 1.38 bits per heavy atom. The molecule has 0 aliphatic carbocycles. The topological polar surface area (TPSA) is 106 Å². The van der Waals surface area contributed by atoms with E-state index in [9.17, 15) is 14.4 Å². The molecule has 5 aromatic carbocycles. The van der Waals surface area contributed by atoms with E-state index in [1.807, 2.05) is 48.5 Å². The van der Waals surface area contributed by atoms with Crippen molar-refractivity contribution in [3.8, 4) is 11.5 Å². The van der Waals surface area contributed by atoms with Crippen molar-refractivity contribution in [2.45, 2.75) is 10.1 Å². The summed E-state index contributed by atoms with van der Waals surface area (Å²) in [6, 6.07) is 37.4. The third-order valence-electron chi connectivity index (χ3n) is 7.07. The molecule has 0 aromatic heterocycles. The molecule has 0 aliphatic heterocycles. The number of para-hydroxylation sites is 1. The molecule has 1 atom stereocenters. The van der Waals surface area contributed by atoms with Crippen LogP contribution in [0.25, 0.3) is 6.08 Å². The van der Waals surface area contributed by atoms with Crippen LogP contribution in [0.2, 0.25) is 5.02 Å². The number of methoxy groups -OCH3 is 2. The van der Waals surface area contributed by atoms with Gasteiger partial charge in [0.25, 0.3) is 11.8 Å². The van der Waals surface area contributed by atoms with Crippen molar-refractivity contribution >= 4 is 58.5 Å². The molecular weight excluding hydrogens is 646 g/mol. The lowest BCUT2D eigenvalue weighted by molar-refractivity contribution is -0.116. The van der Waals surface area contributed by atoms with Crippen molar-refractivity contribution in [2.75, 3.05) is 24.9 Å². The first kappa shape index (κ1) is 33.8. The second kappa shape index (κ2) is 16.4. The molecule has 0 fully saturated rings. The molecule has 0 spiro atoms. The van der Waals surface area contributed by atoms with Gasteiger partial charge in [-0.25, -0.2) is 0 Å². The molecule has 5 aromatic rings. The van der Waals surface area contributed by atoms with E-state index < -0.39 is 17.1 Å². The van der Waals surface area contributed by atoms with Gasteiger partial charge in [-0.2, -0.15) is 0 Å². The Labute approximate surface area is 288 Å². The molecule has 0 heterocycles. The Hall–Kier alpha value is -5.51. The fraction of sp³-hybridized carbons (Fsp3) is 0.0789. The van der Waals surface area contributed by atoms with Crippen LogP contribution in [0.5, 0.6) is 11.5 Å². The van der Waals surface area contributed by atoms with Gasteiger partial charge in [-0.05, 0) is 66.2 Å². The third kappa shape index (κ3) is 8.85. The molecule has 0 bridgehead atoms. The summed E-state index contributed by atoms with van der Waals surface area (Å²) in [6.07, 6.45) is 1.56. The van der Waals surface area contributed by atoms with Crippen molar-refractivity contribution in [1.29, 1.82) is 0 Å². The number of hydrogen-bond acceptors (Lipinski definition) is 6. The maximum Gasteiger partial charge on any atom is 0.272 e. The molecular formula is C38H32ClN3O5S. The Balaban J connectivity index is 1.39. The molecule has 0 saturated heterocycles. The van der Waals surface area contributed by atoms with E-state index in [0.29, 0.717) is 39.0 Å². The number of anilines is 2. The van der Waals surface area contributed by atoms with Gasteiger partial charge >= 0.3 is 0 Å². The predicted octanol–water partition coefficient (Wildman–Crippen LogP) is 8.24. The first-order valence-electron chi connectivity index (χ1n) is 14.8. The normalized spacial score (nSPS) is 11.6. The quantitative estimate of drug-likeness (QED) is 0.0908. The lowest BCUT2D eigenvalue weighted by Crippen LogP contribution is -2.30. The summed E-state index contributed by atoms with van der Waals surface area (Å²) in [6.45, 7) is 0. The summed E-state index contributed by atoms with van der Waals surface area (Å²) < 4.78 is 10.7. The molecule has 0 saturated carbocycles. The summed E-state index contributed by atoms with van der Waals surface area (Å²) >= 11 is 7.61. The van der Waals surface area contributed by atoms with Crippen LogP contribution in [0.1, 0.15) is 26.7 Å². The number of rotatable bonds is 12. The van der Waals surface area contributed by atoms with E-state index in [-0.39, 0.29) is 11.6 Å². The Bertz CT molecular complexity index is 1940. The van der Waals surface area contributed by atoms with Gasteiger partial charge < -0.3 is 25.4 Å². The Morgan fingerprint density at radius 1 is 0.708 bits per heavy atom. The number of halogens is 1. The van der Waals surface area contributed by atoms with Crippen molar-refractivity contribution in [3.05, 3.63) is 155 Å². The smallest absolute Gasteiger partial charge is 0.272 e. The fourth-order valence-electron chi connectivity index (χ4n) is 4.72. The minimum absolute atomic E-state index is 0.0195. The zero-order chi connectivity index (χ0) is 33.9. The molecule has 1 unspecified atom stereocenters. The average molecular weight is 678 g/mol. The minimum atomic E-state index is -0.635. The predicted molar refractivity (Wildman–Crippen MR) is 192 cm³/mol. The number of hydrogen-bond donors (Lipinski definition) is 3. The van der Waals surface area contributed by atoms with Crippen LogP contribution in [0, 0.1) is 0 Å². The summed E-state index contributed by atoms with van der Waals surface area (Å²) in [5, 5.41) is 8.34. The molecule has 8 nitrogen and oxygen atoms in total. The van der Waals surface area contributed by atoms with Crippen molar-refractivity contribution < 1.29 is 23.9 Å². The van der Waals surface area contributed by atoms with Crippen LogP contribution >= 0.6 is 23.4 Å². The summed E-state index contributed by atoms with van der Waals surface area (Å²) in [7, 11) is 3.06. The molecule has 3 N–H and O–H groups in total. The number of thioether (sulfide) groups is 1. The monoisotopic (exact) mass is 677 g/mol. The number of carbonyl (C=O) groups excluding carboxylic acids is 3. The molecule has 48 heavy (non-hydrogen) atoms. The van der Waals surface area contributed by atoms with Crippen LogP contribution in [0.3, 0.4) is 0 Å². The first-order valence-corrected chi connectivity index (χ1v) is 16.1.